The van der Waals surface area contributed by atoms with Crippen LogP contribution in [-0.4, -0.2) is 63.4 Å². The highest BCUT2D eigenvalue weighted by molar-refractivity contribution is 5.96. The third-order valence-corrected chi connectivity index (χ3v) is 6.88. The number of hydrogen-bond acceptors (Lipinski definition) is 7. The Morgan fingerprint density at radius 1 is 1.03 bits per heavy atom. The summed E-state index contributed by atoms with van der Waals surface area (Å²) in [7, 11) is 0. The zero-order chi connectivity index (χ0) is 28.2. The molecule has 1 aromatic heterocycles. The Bertz CT molecular complexity index is 1330. The molecular formula is C28H30F2N4O5. The summed E-state index contributed by atoms with van der Waals surface area (Å²) >= 11 is 0. The number of carbonyl (C=O) groups is 2. The van der Waals surface area contributed by atoms with Crippen molar-refractivity contribution in [1.29, 1.82) is 0 Å². The summed E-state index contributed by atoms with van der Waals surface area (Å²) < 4.78 is 27.3. The minimum atomic E-state index is -3.26. The van der Waals surface area contributed by atoms with Gasteiger partial charge in [-0.2, -0.15) is 8.78 Å². The number of aromatic nitrogens is 2. The van der Waals surface area contributed by atoms with Crippen molar-refractivity contribution in [2.24, 2.45) is 5.92 Å². The maximum atomic E-state index is 13.7. The van der Waals surface area contributed by atoms with Gasteiger partial charge >= 0.3 is 5.97 Å². The summed E-state index contributed by atoms with van der Waals surface area (Å²) in [5, 5.41) is 30.0. The Hall–Kier alpha value is -4.12. The molecule has 2 aromatic carbocycles. The van der Waals surface area contributed by atoms with E-state index in [2.05, 4.69) is 20.2 Å². The van der Waals surface area contributed by atoms with Gasteiger partial charge in [0, 0.05) is 30.8 Å². The van der Waals surface area contributed by atoms with Crippen LogP contribution < -0.4 is 10.2 Å². The predicted molar refractivity (Wildman–Crippen MR) is 140 cm³/mol. The standard InChI is InChI=1S/C28H30F2N4O5/c1-17-26(38)25(27(39)31-15-24(36)37)33-23(32-17)14-18-10-12-34(13-11-18)22-8-4-20(5-9-22)19-2-6-21(7-3-19)28(29,30)16-35/h2-9,18,35,38H,10-16H2,1H3,(H,31,39)(H,36,37). The van der Waals surface area contributed by atoms with Crippen molar-refractivity contribution in [3.8, 4) is 16.9 Å². The average Bonchev–Trinajstić information content (AvgIpc) is 2.94. The smallest absolute Gasteiger partial charge is 0.322 e. The second-order valence-electron chi connectivity index (χ2n) is 9.62. The maximum Gasteiger partial charge on any atom is 0.322 e. The Labute approximate surface area is 224 Å². The third-order valence-electron chi connectivity index (χ3n) is 6.88. The second kappa shape index (κ2) is 11.7. The Morgan fingerprint density at radius 2 is 1.62 bits per heavy atom. The van der Waals surface area contributed by atoms with Crippen LogP contribution >= 0.6 is 0 Å². The van der Waals surface area contributed by atoms with Gasteiger partial charge in [0.2, 0.25) is 0 Å². The fourth-order valence-corrected chi connectivity index (χ4v) is 4.63. The fourth-order valence-electron chi connectivity index (χ4n) is 4.63. The number of carbonyl (C=O) groups excluding carboxylic acids is 1. The normalized spacial score (nSPS) is 14.3. The lowest BCUT2D eigenvalue weighted by atomic mass is 9.92. The molecule has 0 radical (unpaired) electrons. The first-order valence-corrected chi connectivity index (χ1v) is 12.6. The van der Waals surface area contributed by atoms with Gasteiger partial charge in [0.05, 0.1) is 5.69 Å². The number of nitrogens with zero attached hydrogens (tertiary/aromatic N) is 3. The Morgan fingerprint density at radius 3 is 2.18 bits per heavy atom. The van der Waals surface area contributed by atoms with Crippen LogP contribution in [0.4, 0.5) is 14.5 Å². The van der Waals surface area contributed by atoms with E-state index in [0.29, 0.717) is 12.2 Å². The highest BCUT2D eigenvalue weighted by atomic mass is 19.3. The zero-order valence-electron chi connectivity index (χ0n) is 21.4. The molecule has 1 fully saturated rings. The number of aromatic hydroxyl groups is 1. The number of benzene rings is 2. The fraction of sp³-hybridized carbons (Fsp3) is 0.357. The predicted octanol–water partition coefficient (Wildman–Crippen LogP) is 3.52. The molecule has 4 rings (SSSR count). The lowest BCUT2D eigenvalue weighted by molar-refractivity contribution is -0.135. The van der Waals surface area contributed by atoms with Crippen LogP contribution in [0.2, 0.25) is 0 Å². The molecular weight excluding hydrogens is 510 g/mol. The zero-order valence-corrected chi connectivity index (χ0v) is 21.4. The molecule has 11 heteroatoms. The van der Waals surface area contributed by atoms with E-state index in [1.165, 1.54) is 12.1 Å². The molecule has 9 nitrogen and oxygen atoms in total. The van der Waals surface area contributed by atoms with E-state index in [9.17, 15) is 23.5 Å². The molecule has 0 saturated carbocycles. The third kappa shape index (κ3) is 6.66. The van der Waals surface area contributed by atoms with Gasteiger partial charge in [-0.1, -0.05) is 36.4 Å². The van der Waals surface area contributed by atoms with Gasteiger partial charge in [-0.15, -0.1) is 0 Å². The number of nitrogens with one attached hydrogen (secondary N) is 1. The molecule has 1 aliphatic heterocycles. The first kappa shape index (κ1) is 27.9. The number of aliphatic hydroxyl groups excluding tert-OH is 1. The van der Waals surface area contributed by atoms with Gasteiger partial charge < -0.3 is 25.5 Å². The molecule has 0 atom stereocenters. The number of carboxylic acid groups (broad SMARTS) is 1. The molecule has 0 unspecified atom stereocenters. The lowest BCUT2D eigenvalue weighted by Gasteiger charge is -2.33. The molecule has 0 spiro atoms. The highest BCUT2D eigenvalue weighted by Gasteiger charge is 2.30. The molecule has 2 heterocycles. The number of amides is 1. The van der Waals surface area contributed by atoms with E-state index >= 15 is 0 Å². The summed E-state index contributed by atoms with van der Waals surface area (Å²) in [5.74, 6) is -4.89. The molecule has 3 aromatic rings. The molecule has 4 N–H and O–H groups in total. The van der Waals surface area contributed by atoms with Crippen molar-refractivity contribution in [3.63, 3.8) is 0 Å². The van der Waals surface area contributed by atoms with Crippen molar-refractivity contribution in [2.75, 3.05) is 31.1 Å². The monoisotopic (exact) mass is 540 g/mol. The van der Waals surface area contributed by atoms with Gasteiger partial charge in [-0.3, -0.25) is 9.59 Å². The molecule has 1 saturated heterocycles. The van der Waals surface area contributed by atoms with Crippen molar-refractivity contribution in [2.45, 2.75) is 32.1 Å². The number of aliphatic carboxylic acids is 1. The maximum absolute atomic E-state index is 13.7. The summed E-state index contributed by atoms with van der Waals surface area (Å²) in [6, 6.07) is 13.8. The Balaban J connectivity index is 1.35. The SMILES string of the molecule is Cc1nc(CC2CCN(c3ccc(-c4ccc(C(F)(F)CO)cc4)cc3)CC2)nc(C(=O)NCC(=O)O)c1O. The van der Waals surface area contributed by atoms with Crippen LogP contribution in [0.5, 0.6) is 5.75 Å². The van der Waals surface area contributed by atoms with Crippen LogP contribution in [0.3, 0.4) is 0 Å². The number of aliphatic hydroxyl groups is 1. The van der Waals surface area contributed by atoms with E-state index in [-0.39, 0.29) is 28.6 Å². The van der Waals surface area contributed by atoms with E-state index in [1.54, 1.807) is 19.1 Å². The molecule has 1 aliphatic rings. The number of rotatable bonds is 9. The first-order valence-electron chi connectivity index (χ1n) is 12.6. The van der Waals surface area contributed by atoms with E-state index < -0.39 is 31.0 Å². The number of halogens is 2. The first-order chi connectivity index (χ1) is 18.6. The molecule has 206 valence electrons. The van der Waals surface area contributed by atoms with Crippen LogP contribution in [0.25, 0.3) is 11.1 Å². The van der Waals surface area contributed by atoms with E-state index in [4.69, 9.17) is 10.2 Å². The quantitative estimate of drug-likeness (QED) is 0.324. The van der Waals surface area contributed by atoms with E-state index in [0.717, 1.165) is 42.7 Å². The van der Waals surface area contributed by atoms with Crippen molar-refractivity contribution in [3.05, 3.63) is 71.3 Å². The summed E-state index contributed by atoms with van der Waals surface area (Å²) in [6.07, 6.45) is 2.26. The minimum absolute atomic E-state index is 0.223. The topological polar surface area (TPSA) is 136 Å². The lowest BCUT2D eigenvalue weighted by Crippen LogP contribution is -2.34. The van der Waals surface area contributed by atoms with E-state index in [1.807, 2.05) is 24.3 Å². The van der Waals surface area contributed by atoms with Crippen LogP contribution in [0.15, 0.2) is 48.5 Å². The Kier molecular flexibility index (Phi) is 8.39. The number of hydrogen-bond donors (Lipinski definition) is 4. The molecule has 39 heavy (non-hydrogen) atoms. The van der Waals surface area contributed by atoms with Crippen LogP contribution in [0.1, 0.15) is 40.4 Å². The minimum Gasteiger partial charge on any atom is -0.504 e. The van der Waals surface area contributed by atoms with Crippen LogP contribution in [-0.2, 0) is 17.1 Å². The van der Waals surface area contributed by atoms with Gasteiger partial charge in [-0.25, -0.2) is 9.97 Å². The summed E-state index contributed by atoms with van der Waals surface area (Å²) in [5.41, 5.74) is 2.56. The summed E-state index contributed by atoms with van der Waals surface area (Å²) in [6.45, 7) is 1.37. The van der Waals surface area contributed by atoms with Crippen molar-refractivity contribution >= 4 is 17.6 Å². The number of alkyl halides is 2. The van der Waals surface area contributed by atoms with Gasteiger partial charge in [-0.05, 0) is 48.9 Å². The average molecular weight is 541 g/mol. The number of aryl methyl sites for hydroxylation is 1. The van der Waals surface area contributed by atoms with Gasteiger partial charge in [0.25, 0.3) is 11.8 Å². The molecule has 0 bridgehead atoms. The second-order valence-corrected chi connectivity index (χ2v) is 9.62. The number of piperidine rings is 1. The van der Waals surface area contributed by atoms with Crippen molar-refractivity contribution < 1.29 is 33.7 Å². The molecule has 1 amide bonds. The van der Waals surface area contributed by atoms with Crippen LogP contribution in [0, 0.1) is 12.8 Å². The number of anilines is 1. The van der Waals surface area contributed by atoms with Gasteiger partial charge in [0.15, 0.2) is 11.4 Å². The summed E-state index contributed by atoms with van der Waals surface area (Å²) in [4.78, 5) is 33.8. The van der Waals surface area contributed by atoms with Gasteiger partial charge in [0.1, 0.15) is 19.0 Å². The molecule has 0 aliphatic carbocycles. The largest absolute Gasteiger partial charge is 0.504 e. The van der Waals surface area contributed by atoms with Crippen molar-refractivity contribution in [1.82, 2.24) is 15.3 Å². The highest BCUT2D eigenvalue weighted by Crippen LogP contribution is 2.31. The number of carboxylic acids is 1.